The zero-order chi connectivity index (χ0) is 18.1. The third kappa shape index (κ3) is 1.86. The molecule has 1 aliphatic heterocycles. The Kier molecular flexibility index (Phi) is 2.33. The van der Waals surface area contributed by atoms with E-state index in [0.717, 1.165) is 27.8 Å². The molecule has 2 nitrogen and oxygen atoms in total. The van der Waals surface area contributed by atoms with Crippen molar-refractivity contribution in [2.75, 3.05) is 0 Å². The van der Waals surface area contributed by atoms with Gasteiger partial charge in [-0.3, -0.25) is 0 Å². The normalized spacial score (nSPS) is 15.8. The lowest BCUT2D eigenvalue weighted by Gasteiger charge is -2.14. The molecule has 116 valence electrons. The van der Waals surface area contributed by atoms with E-state index in [2.05, 4.69) is 41.4 Å². The topological polar surface area (TPSA) is 8.81 Å². The highest BCUT2D eigenvalue weighted by atomic mass is 15.1. The van der Waals surface area contributed by atoms with Gasteiger partial charge in [-0.2, -0.15) is 4.57 Å². The highest BCUT2D eigenvalue weighted by molar-refractivity contribution is 5.97. The summed E-state index contributed by atoms with van der Waals surface area (Å²) in [5.41, 5.74) is 4.68. The molecule has 0 saturated heterocycles. The van der Waals surface area contributed by atoms with Crippen LogP contribution >= 0.6 is 0 Å². The fourth-order valence-corrected chi connectivity index (χ4v) is 3.69. The molecule has 2 heteroatoms. The van der Waals surface area contributed by atoms with Gasteiger partial charge < -0.3 is 0 Å². The van der Waals surface area contributed by atoms with Crippen molar-refractivity contribution in [3.63, 3.8) is 0 Å². The molecule has 1 aliphatic rings. The lowest BCUT2D eigenvalue weighted by atomic mass is 9.94. The van der Waals surface area contributed by atoms with Crippen molar-refractivity contribution in [1.82, 2.24) is 4.57 Å². The number of fused-ring (bicyclic) bond motifs is 6. The third-order valence-corrected chi connectivity index (χ3v) is 4.87. The number of aromatic nitrogens is 2. The van der Waals surface area contributed by atoms with Crippen molar-refractivity contribution in [2.24, 2.45) is 7.05 Å². The van der Waals surface area contributed by atoms with Crippen LogP contribution in [0, 0.1) is 6.92 Å². The number of rotatable bonds is 0. The molecule has 4 bridgehead atoms. The maximum Gasteiger partial charge on any atom is 0.294 e. The van der Waals surface area contributed by atoms with Crippen LogP contribution in [0.1, 0.15) is 19.4 Å². The van der Waals surface area contributed by atoms with Gasteiger partial charge in [0.25, 0.3) is 5.82 Å². The van der Waals surface area contributed by atoms with Gasteiger partial charge in [0.05, 0.1) is 12.6 Å². The van der Waals surface area contributed by atoms with Crippen LogP contribution in [0.2, 0.25) is 0 Å². The second-order valence-electron chi connectivity index (χ2n) is 6.47. The first-order chi connectivity index (χ1) is 12.5. The van der Waals surface area contributed by atoms with Gasteiger partial charge in [-0.1, -0.05) is 36.4 Å². The molecule has 0 fully saturated rings. The molecule has 0 N–H and O–H groups in total. The minimum Gasteiger partial charge on any atom is -0.232 e. The molecule has 0 unspecified atom stereocenters. The summed E-state index contributed by atoms with van der Waals surface area (Å²) in [5, 5.41) is 2.22. The largest absolute Gasteiger partial charge is 0.294 e. The van der Waals surface area contributed by atoms with E-state index in [0.29, 0.717) is 11.1 Å². The van der Waals surface area contributed by atoms with Gasteiger partial charge in [0.1, 0.15) is 18.1 Å². The number of benzene rings is 3. The molecule has 5 rings (SSSR count). The average molecular weight is 313 g/mol. The Morgan fingerprint density at radius 2 is 1.88 bits per heavy atom. The number of hydrogen-bond donors (Lipinski definition) is 0. The summed E-state index contributed by atoms with van der Waals surface area (Å²) in [4.78, 5) is 0. The van der Waals surface area contributed by atoms with E-state index >= 15 is 0 Å². The standard InChI is InChI=1S/C22H19N2/c1-15-6-8-18-9-7-17-12-16-4-3-5-19(13-16)24-11-10-23(2)22(24)21(15)20(18)14-17/h3-11,13-14H,12H2,1-2H3/q+1/i12D2. The Labute approximate surface area is 144 Å². The van der Waals surface area contributed by atoms with Gasteiger partial charge >= 0.3 is 0 Å². The molecule has 0 saturated carbocycles. The first kappa shape index (κ1) is 11.6. The molecule has 0 aliphatic carbocycles. The molecule has 0 atom stereocenters. The summed E-state index contributed by atoms with van der Waals surface area (Å²) >= 11 is 0. The Balaban J connectivity index is 2.04. The predicted molar refractivity (Wildman–Crippen MR) is 97.4 cm³/mol. The SMILES string of the molecule is [2H]C1([2H])c2cccc(c2)-n2cc[n+](C)c2-c2c(C)ccc3ccc1cc23. The van der Waals surface area contributed by atoms with Gasteiger partial charge in [0.2, 0.25) is 0 Å². The molecule has 24 heavy (non-hydrogen) atoms. The predicted octanol–water partition coefficient (Wildman–Crippen LogP) is 4.33. The lowest BCUT2D eigenvalue weighted by Crippen LogP contribution is -2.29. The number of hydrogen-bond acceptors (Lipinski definition) is 0. The summed E-state index contributed by atoms with van der Waals surface area (Å²) in [5.74, 6) is 1.10. The quantitative estimate of drug-likeness (QED) is 0.427. The Bertz CT molecular complexity index is 1190. The lowest BCUT2D eigenvalue weighted by molar-refractivity contribution is -0.659. The average Bonchev–Trinajstić information content (AvgIpc) is 3.02. The summed E-state index contributed by atoms with van der Waals surface area (Å²) in [6.45, 7) is 2.12. The molecule has 0 radical (unpaired) electrons. The number of imidazole rings is 1. The molecule has 1 aromatic heterocycles. The molecule has 4 aromatic rings. The van der Waals surface area contributed by atoms with Gasteiger partial charge in [-0.25, -0.2) is 4.57 Å². The van der Waals surface area contributed by atoms with E-state index in [1.54, 1.807) is 0 Å². The highest BCUT2D eigenvalue weighted by Gasteiger charge is 2.24. The highest BCUT2D eigenvalue weighted by Crippen LogP contribution is 2.33. The molecular weight excluding hydrogens is 292 g/mol. The fraction of sp³-hybridized carbons (Fsp3) is 0.136. The minimum absolute atomic E-state index is 0.674. The zero-order valence-corrected chi connectivity index (χ0v) is 13.7. The summed E-state index contributed by atoms with van der Waals surface area (Å²) in [6.07, 6.45) is 2.56. The van der Waals surface area contributed by atoms with Crippen LogP contribution in [-0.4, -0.2) is 4.57 Å². The van der Waals surface area contributed by atoms with Gasteiger partial charge in [0, 0.05) is 2.74 Å². The Morgan fingerprint density at radius 3 is 2.79 bits per heavy atom. The van der Waals surface area contributed by atoms with Crippen LogP contribution in [0.5, 0.6) is 0 Å². The van der Waals surface area contributed by atoms with Crippen LogP contribution in [0.25, 0.3) is 27.8 Å². The summed E-state index contributed by atoms with van der Waals surface area (Å²) in [6, 6.07) is 18.0. The van der Waals surface area contributed by atoms with Crippen LogP contribution in [0.4, 0.5) is 0 Å². The maximum absolute atomic E-state index is 8.77. The number of nitrogens with zero attached hydrogens (tertiary/aromatic N) is 2. The smallest absolute Gasteiger partial charge is 0.232 e. The zero-order valence-electron chi connectivity index (χ0n) is 15.7. The monoisotopic (exact) mass is 313 g/mol. The van der Waals surface area contributed by atoms with E-state index in [1.807, 2.05) is 48.7 Å². The van der Waals surface area contributed by atoms with E-state index in [4.69, 9.17) is 2.74 Å². The van der Waals surface area contributed by atoms with Crippen molar-refractivity contribution in [1.29, 1.82) is 0 Å². The Morgan fingerprint density at radius 1 is 1.04 bits per heavy atom. The van der Waals surface area contributed by atoms with Crippen LogP contribution in [0.3, 0.4) is 0 Å². The van der Waals surface area contributed by atoms with Crippen molar-refractivity contribution < 1.29 is 7.31 Å². The van der Waals surface area contributed by atoms with Crippen molar-refractivity contribution >= 4 is 10.8 Å². The first-order valence-corrected chi connectivity index (χ1v) is 8.19. The first-order valence-electron chi connectivity index (χ1n) is 9.19. The van der Waals surface area contributed by atoms with Gasteiger partial charge in [0.15, 0.2) is 0 Å². The molecule has 0 amide bonds. The van der Waals surface area contributed by atoms with E-state index < -0.39 is 6.37 Å². The maximum atomic E-state index is 8.77. The molecule has 0 spiro atoms. The van der Waals surface area contributed by atoms with Crippen molar-refractivity contribution in [3.05, 3.63) is 83.7 Å². The van der Waals surface area contributed by atoms with E-state index in [-0.39, 0.29) is 0 Å². The second kappa shape index (κ2) is 4.81. The molecular formula is C22H19N2+. The van der Waals surface area contributed by atoms with Crippen LogP contribution in [-0.2, 0) is 13.4 Å². The summed E-state index contributed by atoms with van der Waals surface area (Å²) in [7, 11) is 2.06. The van der Waals surface area contributed by atoms with Crippen molar-refractivity contribution in [2.45, 2.75) is 13.3 Å². The second-order valence-corrected chi connectivity index (χ2v) is 6.47. The third-order valence-electron chi connectivity index (χ3n) is 4.87. The van der Waals surface area contributed by atoms with Gasteiger partial charge in [-0.05, 0) is 59.0 Å². The van der Waals surface area contributed by atoms with E-state index in [9.17, 15) is 0 Å². The van der Waals surface area contributed by atoms with Crippen LogP contribution < -0.4 is 4.57 Å². The number of aryl methyl sites for hydroxylation is 2. The molecule has 2 heterocycles. The molecule has 3 aromatic carbocycles. The van der Waals surface area contributed by atoms with E-state index in [1.165, 1.54) is 5.56 Å². The Hall–Kier alpha value is -2.87. The van der Waals surface area contributed by atoms with Crippen LogP contribution in [0.15, 0.2) is 67.0 Å². The minimum atomic E-state index is -1.54. The summed E-state index contributed by atoms with van der Waals surface area (Å²) < 4.78 is 21.8. The van der Waals surface area contributed by atoms with Gasteiger partial charge in [-0.15, -0.1) is 0 Å². The van der Waals surface area contributed by atoms with Crippen molar-refractivity contribution in [3.8, 4) is 17.1 Å². The fourth-order valence-electron chi connectivity index (χ4n) is 3.69.